The molecule has 1 amide bonds. The molecule has 0 aliphatic rings. The fraction of sp³-hybridized carbons (Fsp3) is 0. The predicted molar refractivity (Wildman–Crippen MR) is 67.7 cm³/mol. The Kier molecular flexibility index (Phi) is 3.57. The van der Waals surface area contributed by atoms with Crippen LogP contribution in [0.15, 0.2) is 42.7 Å². The number of halogens is 1. The summed E-state index contributed by atoms with van der Waals surface area (Å²) in [7, 11) is 0. The highest BCUT2D eigenvalue weighted by Gasteiger charge is 1.97. The van der Waals surface area contributed by atoms with Crippen LogP contribution in [-0.4, -0.2) is 16.1 Å². The molecule has 2 aromatic rings. The number of hydrogen-bond donors (Lipinski definition) is 2. The largest absolute Gasteiger partial charge is 0.320 e. The highest BCUT2D eigenvalue weighted by molar-refractivity contribution is 6.30. The third-order valence-electron chi connectivity index (χ3n) is 2.06. The second kappa shape index (κ2) is 5.32. The van der Waals surface area contributed by atoms with Crippen LogP contribution in [0.1, 0.15) is 5.56 Å². The second-order valence-electron chi connectivity index (χ2n) is 3.36. The minimum absolute atomic E-state index is 0.207. The van der Waals surface area contributed by atoms with Crippen molar-refractivity contribution in [3.05, 3.63) is 53.3 Å². The van der Waals surface area contributed by atoms with E-state index in [1.54, 1.807) is 24.4 Å². The summed E-state index contributed by atoms with van der Waals surface area (Å²) in [6, 6.07) is 7.22. The van der Waals surface area contributed by atoms with Crippen molar-refractivity contribution in [2.45, 2.75) is 0 Å². The normalized spacial score (nSPS) is 10.6. The molecule has 4 nitrogen and oxygen atoms in total. The van der Waals surface area contributed by atoms with Gasteiger partial charge in [-0.2, -0.15) is 5.10 Å². The van der Waals surface area contributed by atoms with Gasteiger partial charge in [0.05, 0.1) is 11.9 Å². The van der Waals surface area contributed by atoms with Crippen LogP contribution >= 0.6 is 11.6 Å². The van der Waals surface area contributed by atoms with Gasteiger partial charge in [-0.05, 0) is 23.8 Å². The van der Waals surface area contributed by atoms with E-state index in [1.807, 2.05) is 12.1 Å². The van der Waals surface area contributed by atoms with Crippen molar-refractivity contribution in [2.24, 2.45) is 0 Å². The highest BCUT2D eigenvalue weighted by Crippen LogP contribution is 2.10. The average Bonchev–Trinajstić information content (AvgIpc) is 2.81. The lowest BCUT2D eigenvalue weighted by atomic mass is 10.2. The summed E-state index contributed by atoms with van der Waals surface area (Å²) in [5, 5.41) is 9.67. The van der Waals surface area contributed by atoms with Crippen LogP contribution in [0.4, 0.5) is 5.69 Å². The first-order valence-electron chi connectivity index (χ1n) is 4.97. The summed E-state index contributed by atoms with van der Waals surface area (Å²) in [5.74, 6) is -0.207. The molecular weight excluding hydrogens is 238 g/mol. The molecule has 1 aromatic heterocycles. The van der Waals surface area contributed by atoms with Crippen LogP contribution in [0.5, 0.6) is 0 Å². The average molecular weight is 248 g/mol. The third kappa shape index (κ3) is 3.46. The van der Waals surface area contributed by atoms with Crippen LogP contribution in [0.2, 0.25) is 5.02 Å². The summed E-state index contributed by atoms with van der Waals surface area (Å²) in [6.45, 7) is 0. The van der Waals surface area contributed by atoms with Gasteiger partial charge in [0.15, 0.2) is 0 Å². The van der Waals surface area contributed by atoms with Gasteiger partial charge in [-0.1, -0.05) is 23.7 Å². The Morgan fingerprint density at radius 1 is 1.35 bits per heavy atom. The van der Waals surface area contributed by atoms with Crippen LogP contribution in [0.3, 0.4) is 0 Å². The molecule has 0 saturated carbocycles. The van der Waals surface area contributed by atoms with Crippen LogP contribution in [0.25, 0.3) is 6.08 Å². The summed E-state index contributed by atoms with van der Waals surface area (Å²) in [6.07, 6.45) is 6.31. The summed E-state index contributed by atoms with van der Waals surface area (Å²) in [4.78, 5) is 11.5. The first-order valence-corrected chi connectivity index (χ1v) is 5.35. The third-order valence-corrected chi connectivity index (χ3v) is 2.31. The van der Waals surface area contributed by atoms with Crippen molar-refractivity contribution in [1.82, 2.24) is 10.2 Å². The maximum Gasteiger partial charge on any atom is 0.248 e. The number of nitrogens with one attached hydrogen (secondary N) is 2. The maximum atomic E-state index is 11.5. The molecule has 5 heteroatoms. The molecule has 0 aliphatic heterocycles. The van der Waals surface area contributed by atoms with Gasteiger partial charge in [0.2, 0.25) is 5.91 Å². The van der Waals surface area contributed by atoms with Crippen molar-refractivity contribution >= 4 is 29.3 Å². The summed E-state index contributed by atoms with van der Waals surface area (Å²) < 4.78 is 0. The SMILES string of the molecule is O=C(/C=C/c1ccc(Cl)cc1)Nc1cn[nH]c1. The van der Waals surface area contributed by atoms with Gasteiger partial charge in [0.25, 0.3) is 0 Å². The van der Waals surface area contributed by atoms with E-state index in [0.717, 1.165) is 5.56 Å². The van der Waals surface area contributed by atoms with Crippen molar-refractivity contribution in [2.75, 3.05) is 5.32 Å². The Labute approximate surface area is 103 Å². The van der Waals surface area contributed by atoms with E-state index in [-0.39, 0.29) is 5.91 Å². The quantitative estimate of drug-likeness (QED) is 0.820. The molecule has 0 fully saturated rings. The number of aromatic nitrogens is 2. The molecule has 86 valence electrons. The van der Waals surface area contributed by atoms with Gasteiger partial charge in [-0.25, -0.2) is 0 Å². The molecule has 0 saturated heterocycles. The van der Waals surface area contributed by atoms with Crippen molar-refractivity contribution in [1.29, 1.82) is 0 Å². The van der Waals surface area contributed by atoms with E-state index in [1.165, 1.54) is 12.3 Å². The molecule has 0 atom stereocenters. The van der Waals surface area contributed by atoms with Crippen molar-refractivity contribution < 1.29 is 4.79 Å². The zero-order chi connectivity index (χ0) is 12.1. The predicted octanol–water partition coefficient (Wildman–Crippen LogP) is 2.71. The first kappa shape index (κ1) is 11.4. The van der Waals surface area contributed by atoms with Gasteiger partial charge in [-0.3, -0.25) is 9.89 Å². The number of anilines is 1. The zero-order valence-electron chi connectivity index (χ0n) is 8.85. The lowest BCUT2D eigenvalue weighted by Crippen LogP contribution is -2.06. The number of carbonyl (C=O) groups is 1. The Morgan fingerprint density at radius 2 is 2.12 bits per heavy atom. The number of rotatable bonds is 3. The number of nitrogens with zero attached hydrogens (tertiary/aromatic N) is 1. The number of H-pyrrole nitrogens is 1. The Hall–Kier alpha value is -2.07. The number of amides is 1. The second-order valence-corrected chi connectivity index (χ2v) is 3.80. The van der Waals surface area contributed by atoms with Gasteiger partial charge < -0.3 is 5.32 Å². The first-order chi connectivity index (χ1) is 8.24. The number of benzene rings is 1. The minimum Gasteiger partial charge on any atom is -0.320 e. The van der Waals surface area contributed by atoms with E-state index >= 15 is 0 Å². The summed E-state index contributed by atoms with van der Waals surface area (Å²) >= 11 is 5.76. The van der Waals surface area contributed by atoms with Gasteiger partial charge >= 0.3 is 0 Å². The molecule has 0 unspecified atom stereocenters. The lowest BCUT2D eigenvalue weighted by Gasteiger charge is -1.96. The number of hydrogen-bond acceptors (Lipinski definition) is 2. The fourth-order valence-electron chi connectivity index (χ4n) is 1.25. The van der Waals surface area contributed by atoms with E-state index in [9.17, 15) is 4.79 Å². The number of aromatic amines is 1. The molecule has 2 rings (SSSR count). The summed E-state index contributed by atoms with van der Waals surface area (Å²) in [5.41, 5.74) is 1.55. The molecule has 1 heterocycles. The zero-order valence-corrected chi connectivity index (χ0v) is 9.61. The van der Waals surface area contributed by atoms with Crippen LogP contribution in [0, 0.1) is 0 Å². The standard InChI is InChI=1S/C12H10ClN3O/c13-10-4-1-9(2-5-10)3-6-12(17)16-11-7-14-15-8-11/h1-8H,(H,14,15)(H,16,17)/b6-3+. The van der Waals surface area contributed by atoms with E-state index in [0.29, 0.717) is 10.7 Å². The lowest BCUT2D eigenvalue weighted by molar-refractivity contribution is -0.111. The fourth-order valence-corrected chi connectivity index (χ4v) is 1.37. The topological polar surface area (TPSA) is 57.8 Å². The monoisotopic (exact) mass is 247 g/mol. The molecule has 0 spiro atoms. The van der Waals surface area contributed by atoms with Crippen LogP contribution < -0.4 is 5.32 Å². The molecule has 0 aliphatic carbocycles. The Morgan fingerprint density at radius 3 is 2.76 bits per heavy atom. The molecule has 0 radical (unpaired) electrons. The molecule has 17 heavy (non-hydrogen) atoms. The molecule has 1 aromatic carbocycles. The van der Waals surface area contributed by atoms with E-state index < -0.39 is 0 Å². The molecule has 0 bridgehead atoms. The molecule has 2 N–H and O–H groups in total. The Bertz CT molecular complexity index is 517. The van der Waals surface area contributed by atoms with Crippen molar-refractivity contribution in [3.63, 3.8) is 0 Å². The smallest absolute Gasteiger partial charge is 0.248 e. The van der Waals surface area contributed by atoms with Crippen molar-refractivity contribution in [3.8, 4) is 0 Å². The van der Waals surface area contributed by atoms with Gasteiger partial charge in [0, 0.05) is 17.3 Å². The van der Waals surface area contributed by atoms with Gasteiger partial charge in [-0.15, -0.1) is 0 Å². The minimum atomic E-state index is -0.207. The number of carbonyl (C=O) groups excluding carboxylic acids is 1. The maximum absolute atomic E-state index is 11.5. The molecular formula is C12H10ClN3O. The van der Waals surface area contributed by atoms with Gasteiger partial charge in [0.1, 0.15) is 0 Å². The Balaban J connectivity index is 1.96. The van der Waals surface area contributed by atoms with E-state index in [4.69, 9.17) is 11.6 Å². The van der Waals surface area contributed by atoms with E-state index in [2.05, 4.69) is 15.5 Å². The highest BCUT2D eigenvalue weighted by atomic mass is 35.5. The van der Waals surface area contributed by atoms with Crippen LogP contribution in [-0.2, 0) is 4.79 Å².